The predicted octanol–water partition coefficient (Wildman–Crippen LogP) is -1.98. The second-order valence-electron chi connectivity index (χ2n) is 3.39. The van der Waals surface area contributed by atoms with Crippen molar-refractivity contribution < 1.29 is 44.3 Å². The van der Waals surface area contributed by atoms with Crippen molar-refractivity contribution in [3.63, 3.8) is 0 Å². The first-order valence-electron chi connectivity index (χ1n) is 5.07. The Balaban J connectivity index is 0.00000289. The number of thioether (sulfide) groups is 1. The summed E-state index contributed by atoms with van der Waals surface area (Å²) >= 11 is 1.54. The zero-order valence-electron chi connectivity index (χ0n) is 10.4. The standard InChI is InChI=1S/C11H14N2O3S.Na/c1-17-6-4-9(11(15)16)13-10(14)8-3-2-5-12-7-8;/h2-3,5,7,9H,4,6H2,1H3,(H,13,14)(H,15,16);/q;+1. The van der Waals surface area contributed by atoms with Crippen molar-refractivity contribution >= 4 is 23.6 Å². The zero-order chi connectivity index (χ0) is 12.7. The molecule has 0 aliphatic heterocycles. The van der Waals surface area contributed by atoms with Crippen LogP contribution in [0.25, 0.3) is 0 Å². The number of carbonyl (C=O) groups is 2. The molecule has 5 nitrogen and oxygen atoms in total. The first-order valence-corrected chi connectivity index (χ1v) is 6.47. The van der Waals surface area contributed by atoms with Crippen LogP contribution in [0.4, 0.5) is 0 Å². The van der Waals surface area contributed by atoms with E-state index in [1.807, 2.05) is 6.26 Å². The molecule has 7 heteroatoms. The fourth-order valence-corrected chi connectivity index (χ4v) is 1.70. The SMILES string of the molecule is CSCCC(NC(=O)c1cccnc1)C(=O)O.[Na+]. The number of rotatable bonds is 6. The van der Waals surface area contributed by atoms with Crippen molar-refractivity contribution in [1.82, 2.24) is 10.3 Å². The number of pyridine rings is 1. The summed E-state index contributed by atoms with van der Waals surface area (Å²) in [6.07, 6.45) is 5.26. The van der Waals surface area contributed by atoms with Crippen LogP contribution in [-0.2, 0) is 4.79 Å². The van der Waals surface area contributed by atoms with Crippen LogP contribution in [0.15, 0.2) is 24.5 Å². The van der Waals surface area contributed by atoms with Crippen LogP contribution in [0.1, 0.15) is 16.8 Å². The molecular weight excluding hydrogens is 263 g/mol. The Morgan fingerprint density at radius 3 is 2.78 bits per heavy atom. The number of hydrogen-bond donors (Lipinski definition) is 2. The molecule has 1 aromatic rings. The minimum Gasteiger partial charge on any atom is -0.480 e. The number of aromatic nitrogens is 1. The number of amides is 1. The van der Waals surface area contributed by atoms with Gasteiger partial charge >= 0.3 is 35.5 Å². The van der Waals surface area contributed by atoms with Crippen LogP contribution in [0.2, 0.25) is 0 Å². The van der Waals surface area contributed by atoms with Crippen molar-refractivity contribution in [2.75, 3.05) is 12.0 Å². The van der Waals surface area contributed by atoms with Gasteiger partial charge in [-0.2, -0.15) is 11.8 Å². The van der Waals surface area contributed by atoms with Gasteiger partial charge in [-0.1, -0.05) is 0 Å². The molecule has 92 valence electrons. The van der Waals surface area contributed by atoms with Gasteiger partial charge < -0.3 is 10.4 Å². The summed E-state index contributed by atoms with van der Waals surface area (Å²) in [5.41, 5.74) is 0.364. The van der Waals surface area contributed by atoms with Crippen LogP contribution in [0.5, 0.6) is 0 Å². The summed E-state index contributed by atoms with van der Waals surface area (Å²) in [6, 6.07) is 2.37. The van der Waals surface area contributed by atoms with E-state index in [0.717, 1.165) is 0 Å². The van der Waals surface area contributed by atoms with Crippen LogP contribution in [-0.4, -0.2) is 40.0 Å². The first kappa shape index (κ1) is 17.4. The van der Waals surface area contributed by atoms with Gasteiger partial charge in [-0.25, -0.2) is 4.79 Å². The van der Waals surface area contributed by atoms with Gasteiger partial charge in [-0.05, 0) is 30.6 Å². The average molecular weight is 277 g/mol. The van der Waals surface area contributed by atoms with Crippen LogP contribution in [0.3, 0.4) is 0 Å². The van der Waals surface area contributed by atoms with Gasteiger partial charge in [-0.3, -0.25) is 9.78 Å². The van der Waals surface area contributed by atoms with Crippen molar-refractivity contribution in [3.05, 3.63) is 30.1 Å². The van der Waals surface area contributed by atoms with Crippen LogP contribution >= 0.6 is 11.8 Å². The van der Waals surface area contributed by atoms with Gasteiger partial charge in [0.1, 0.15) is 6.04 Å². The molecule has 0 bridgehead atoms. The summed E-state index contributed by atoms with van der Waals surface area (Å²) in [4.78, 5) is 26.4. The van der Waals surface area contributed by atoms with E-state index < -0.39 is 17.9 Å². The van der Waals surface area contributed by atoms with Crippen LogP contribution in [0, 0.1) is 0 Å². The summed E-state index contributed by atoms with van der Waals surface area (Å²) in [5.74, 6) is -0.743. The molecule has 1 rings (SSSR count). The van der Waals surface area contributed by atoms with Crippen molar-refractivity contribution in [3.8, 4) is 0 Å². The molecule has 1 aromatic heterocycles. The van der Waals surface area contributed by atoms with Crippen LogP contribution < -0.4 is 34.9 Å². The van der Waals surface area contributed by atoms with Gasteiger partial charge in [0, 0.05) is 12.4 Å². The summed E-state index contributed by atoms with van der Waals surface area (Å²) in [6.45, 7) is 0. The molecule has 2 N–H and O–H groups in total. The molecule has 1 atom stereocenters. The zero-order valence-corrected chi connectivity index (χ0v) is 13.2. The van der Waals surface area contributed by atoms with Gasteiger partial charge in [0.2, 0.25) is 0 Å². The maximum atomic E-state index is 11.7. The maximum Gasteiger partial charge on any atom is 1.00 e. The molecule has 0 aliphatic carbocycles. The van der Waals surface area contributed by atoms with E-state index in [-0.39, 0.29) is 29.6 Å². The van der Waals surface area contributed by atoms with E-state index in [4.69, 9.17) is 5.11 Å². The Hall–Kier alpha value is -0.560. The van der Waals surface area contributed by atoms with Gasteiger partial charge in [-0.15, -0.1) is 0 Å². The largest absolute Gasteiger partial charge is 1.00 e. The molecule has 0 spiro atoms. The Bertz CT molecular complexity index is 389. The molecule has 1 unspecified atom stereocenters. The van der Waals surface area contributed by atoms with E-state index >= 15 is 0 Å². The number of carboxylic acids is 1. The van der Waals surface area contributed by atoms with E-state index in [9.17, 15) is 9.59 Å². The maximum absolute atomic E-state index is 11.7. The second-order valence-corrected chi connectivity index (χ2v) is 4.37. The van der Waals surface area contributed by atoms with Gasteiger partial charge in [0.05, 0.1) is 5.56 Å². The van der Waals surface area contributed by atoms with Crippen molar-refractivity contribution in [2.45, 2.75) is 12.5 Å². The Labute approximate surface area is 132 Å². The smallest absolute Gasteiger partial charge is 0.480 e. The molecule has 0 aromatic carbocycles. The summed E-state index contributed by atoms with van der Waals surface area (Å²) < 4.78 is 0. The molecule has 18 heavy (non-hydrogen) atoms. The Kier molecular flexibility index (Phi) is 9.09. The van der Waals surface area contributed by atoms with Gasteiger partial charge in [0.25, 0.3) is 5.91 Å². The summed E-state index contributed by atoms with van der Waals surface area (Å²) in [7, 11) is 0. The van der Waals surface area contributed by atoms with E-state index in [0.29, 0.717) is 17.7 Å². The molecular formula is C11H14N2NaO3S+. The monoisotopic (exact) mass is 277 g/mol. The van der Waals surface area contributed by atoms with E-state index in [1.54, 1.807) is 30.1 Å². The molecule has 0 saturated heterocycles. The Morgan fingerprint density at radius 2 is 2.28 bits per heavy atom. The number of hydrogen-bond acceptors (Lipinski definition) is 4. The number of carboxylic acid groups (broad SMARTS) is 1. The average Bonchev–Trinajstić information content (AvgIpc) is 2.35. The van der Waals surface area contributed by atoms with Gasteiger partial charge in [0.15, 0.2) is 0 Å². The molecule has 0 saturated carbocycles. The summed E-state index contributed by atoms with van der Waals surface area (Å²) in [5, 5.41) is 11.4. The second kappa shape index (κ2) is 9.38. The van der Waals surface area contributed by atoms with E-state index in [1.165, 1.54) is 6.20 Å². The quantitative estimate of drug-likeness (QED) is 0.589. The third-order valence-corrected chi connectivity index (χ3v) is 2.78. The molecule has 0 radical (unpaired) electrons. The minimum absolute atomic E-state index is 0. The predicted molar refractivity (Wildman–Crippen MR) is 66.1 cm³/mol. The van der Waals surface area contributed by atoms with Crippen molar-refractivity contribution in [1.29, 1.82) is 0 Å². The number of nitrogens with zero attached hydrogens (tertiary/aromatic N) is 1. The van der Waals surface area contributed by atoms with E-state index in [2.05, 4.69) is 10.3 Å². The normalized spacial score (nSPS) is 11.2. The van der Waals surface area contributed by atoms with Crippen molar-refractivity contribution in [2.24, 2.45) is 0 Å². The third kappa shape index (κ3) is 5.86. The number of nitrogens with one attached hydrogen (secondary N) is 1. The molecule has 1 amide bonds. The minimum atomic E-state index is -1.02. The fourth-order valence-electron chi connectivity index (χ4n) is 1.23. The molecule has 0 fully saturated rings. The topological polar surface area (TPSA) is 79.3 Å². The number of aliphatic carboxylic acids is 1. The first-order chi connectivity index (χ1) is 8.15. The Morgan fingerprint density at radius 1 is 1.56 bits per heavy atom. The fraction of sp³-hybridized carbons (Fsp3) is 0.364. The third-order valence-electron chi connectivity index (χ3n) is 2.14. The molecule has 0 aliphatic rings. The number of carbonyl (C=O) groups excluding carboxylic acids is 1. The molecule has 1 heterocycles.